The van der Waals surface area contributed by atoms with Gasteiger partial charge in [-0.1, -0.05) is 36.4 Å². The molecule has 0 saturated heterocycles. The number of nitrogens with one attached hydrogen (secondary N) is 1. The second-order valence-corrected chi connectivity index (χ2v) is 5.61. The molecule has 0 fully saturated rings. The molecule has 132 valence electrons. The number of ether oxygens (including phenoxy) is 1. The van der Waals surface area contributed by atoms with E-state index in [0.29, 0.717) is 16.5 Å². The third-order valence-corrected chi connectivity index (χ3v) is 3.90. The summed E-state index contributed by atoms with van der Waals surface area (Å²) in [6, 6.07) is 15.4. The van der Waals surface area contributed by atoms with Crippen molar-refractivity contribution >= 4 is 22.6 Å². The lowest BCUT2D eigenvalue weighted by Gasteiger charge is -2.14. The molecule has 2 aromatic carbocycles. The van der Waals surface area contributed by atoms with Crippen molar-refractivity contribution in [1.82, 2.24) is 15.1 Å². The van der Waals surface area contributed by atoms with E-state index in [1.807, 2.05) is 6.07 Å². The fourth-order valence-corrected chi connectivity index (χ4v) is 2.56. The van der Waals surface area contributed by atoms with Gasteiger partial charge in [-0.2, -0.15) is 9.78 Å². The van der Waals surface area contributed by atoms with Crippen LogP contribution >= 0.6 is 0 Å². The van der Waals surface area contributed by atoms with Gasteiger partial charge in [-0.3, -0.25) is 9.59 Å². The zero-order valence-electron chi connectivity index (χ0n) is 14.3. The second-order valence-electron chi connectivity index (χ2n) is 5.61. The number of hydrogen-bond donors (Lipinski definition) is 1. The van der Waals surface area contributed by atoms with E-state index in [-0.39, 0.29) is 11.3 Å². The summed E-state index contributed by atoms with van der Waals surface area (Å²) < 4.78 is 6.36. The summed E-state index contributed by atoms with van der Waals surface area (Å²) in [5, 5.41) is 7.33. The molecule has 0 bridgehead atoms. The van der Waals surface area contributed by atoms with Crippen LogP contribution in [0.3, 0.4) is 0 Å². The normalized spacial score (nSPS) is 11.8. The number of carbonyl (C=O) groups excluding carboxylic acids is 2. The Balaban J connectivity index is 2.16. The van der Waals surface area contributed by atoms with Crippen molar-refractivity contribution in [3.8, 4) is 5.69 Å². The molecule has 1 aromatic heterocycles. The number of nitrogens with zero attached hydrogens (tertiary/aromatic N) is 2. The minimum atomic E-state index is -0.981. The minimum absolute atomic E-state index is 0.0280. The lowest BCUT2D eigenvalue weighted by molar-refractivity contribution is -0.128. The first-order valence-electron chi connectivity index (χ1n) is 8.03. The molecule has 3 aromatic rings. The summed E-state index contributed by atoms with van der Waals surface area (Å²) in [7, 11) is 1.45. The maximum atomic E-state index is 12.8. The molecule has 7 heteroatoms. The molecule has 1 N–H and O–H groups in total. The number of carbonyl (C=O) groups is 2. The number of amides is 1. The van der Waals surface area contributed by atoms with Crippen molar-refractivity contribution < 1.29 is 14.3 Å². The Kier molecular flexibility index (Phi) is 4.79. The maximum absolute atomic E-state index is 12.8. The van der Waals surface area contributed by atoms with Crippen LogP contribution in [-0.2, 0) is 9.53 Å². The van der Waals surface area contributed by atoms with Crippen molar-refractivity contribution in [1.29, 1.82) is 0 Å². The average molecular weight is 351 g/mol. The molecule has 0 aliphatic carbocycles. The Morgan fingerprint density at radius 3 is 2.31 bits per heavy atom. The summed E-state index contributed by atoms with van der Waals surface area (Å²) in [4.78, 5) is 37.0. The molecule has 7 nitrogen and oxygen atoms in total. The summed E-state index contributed by atoms with van der Waals surface area (Å²) in [5.74, 6) is -1.21. The number of rotatable bonds is 4. The van der Waals surface area contributed by atoms with Crippen LogP contribution < -0.4 is 10.9 Å². The van der Waals surface area contributed by atoms with Gasteiger partial charge in [0.15, 0.2) is 11.8 Å². The summed E-state index contributed by atoms with van der Waals surface area (Å²) in [6.45, 7) is 1.46. The number of likely N-dealkylation sites (N-methyl/N-ethyl adjacent to an activating group) is 1. The second kappa shape index (κ2) is 7.18. The topological polar surface area (TPSA) is 90.3 Å². The third kappa shape index (κ3) is 3.19. The highest BCUT2D eigenvalue weighted by molar-refractivity contribution is 6.03. The lowest BCUT2D eigenvalue weighted by atomic mass is 10.1. The monoisotopic (exact) mass is 351 g/mol. The molecule has 0 aliphatic heterocycles. The number of para-hydroxylation sites is 1. The predicted molar refractivity (Wildman–Crippen MR) is 96.3 cm³/mol. The Bertz CT molecular complexity index is 1030. The van der Waals surface area contributed by atoms with E-state index in [1.54, 1.807) is 48.5 Å². The highest BCUT2D eigenvalue weighted by Gasteiger charge is 2.23. The van der Waals surface area contributed by atoms with E-state index in [9.17, 15) is 14.4 Å². The predicted octanol–water partition coefficient (Wildman–Crippen LogP) is 1.68. The smallest absolute Gasteiger partial charge is 0.360 e. The van der Waals surface area contributed by atoms with Gasteiger partial charge in [0.2, 0.25) is 0 Å². The van der Waals surface area contributed by atoms with Crippen LogP contribution in [0.2, 0.25) is 0 Å². The summed E-state index contributed by atoms with van der Waals surface area (Å²) >= 11 is 0. The SMILES string of the molecule is CNC(=O)[C@@H](C)OC(=O)c1nn(-c2ccccc2)c(=O)c2ccccc12. The van der Waals surface area contributed by atoms with Crippen LogP contribution in [0.15, 0.2) is 59.4 Å². The van der Waals surface area contributed by atoms with Crippen LogP contribution in [0.5, 0.6) is 0 Å². The first kappa shape index (κ1) is 17.3. The number of esters is 1. The molecule has 1 heterocycles. The third-order valence-electron chi connectivity index (χ3n) is 3.90. The van der Waals surface area contributed by atoms with Crippen LogP contribution in [-0.4, -0.2) is 34.8 Å². The van der Waals surface area contributed by atoms with Gasteiger partial charge in [-0.15, -0.1) is 0 Å². The summed E-state index contributed by atoms with van der Waals surface area (Å²) in [5.41, 5.74) is 0.152. The van der Waals surface area contributed by atoms with Gasteiger partial charge in [-0.25, -0.2) is 4.79 Å². The molecule has 0 aliphatic rings. The number of aromatic nitrogens is 2. The van der Waals surface area contributed by atoms with Crippen molar-refractivity contribution in [3.05, 3.63) is 70.6 Å². The van der Waals surface area contributed by atoms with Gasteiger partial charge >= 0.3 is 5.97 Å². The largest absolute Gasteiger partial charge is 0.448 e. The molecule has 0 spiro atoms. The lowest BCUT2D eigenvalue weighted by Crippen LogP contribution is -2.34. The Morgan fingerprint density at radius 1 is 1.04 bits per heavy atom. The van der Waals surface area contributed by atoms with Crippen molar-refractivity contribution in [3.63, 3.8) is 0 Å². The molecule has 1 atom stereocenters. The zero-order chi connectivity index (χ0) is 18.7. The van der Waals surface area contributed by atoms with Gasteiger partial charge in [0.25, 0.3) is 11.5 Å². The molecule has 1 amide bonds. The van der Waals surface area contributed by atoms with Gasteiger partial charge in [0.1, 0.15) is 0 Å². The zero-order valence-corrected chi connectivity index (χ0v) is 14.3. The van der Waals surface area contributed by atoms with Gasteiger partial charge in [0.05, 0.1) is 11.1 Å². The molecule has 0 radical (unpaired) electrons. The van der Waals surface area contributed by atoms with E-state index in [1.165, 1.54) is 14.0 Å². The van der Waals surface area contributed by atoms with Crippen molar-refractivity contribution in [2.45, 2.75) is 13.0 Å². The number of hydrogen-bond acceptors (Lipinski definition) is 5. The minimum Gasteiger partial charge on any atom is -0.448 e. The molecule has 3 rings (SSSR count). The highest BCUT2D eigenvalue weighted by atomic mass is 16.5. The van der Waals surface area contributed by atoms with Gasteiger partial charge in [0, 0.05) is 12.4 Å². The van der Waals surface area contributed by atoms with Crippen molar-refractivity contribution in [2.75, 3.05) is 7.05 Å². The Labute approximate surface area is 149 Å². The van der Waals surface area contributed by atoms with E-state index < -0.39 is 18.0 Å². The van der Waals surface area contributed by atoms with Crippen molar-refractivity contribution in [2.24, 2.45) is 0 Å². The number of benzene rings is 2. The molecule has 0 saturated carbocycles. The molecule has 0 unspecified atom stereocenters. The fourth-order valence-electron chi connectivity index (χ4n) is 2.56. The molecule has 26 heavy (non-hydrogen) atoms. The van der Waals surface area contributed by atoms with Gasteiger partial charge < -0.3 is 10.1 Å². The first-order valence-corrected chi connectivity index (χ1v) is 8.03. The van der Waals surface area contributed by atoms with E-state index in [0.717, 1.165) is 4.68 Å². The van der Waals surface area contributed by atoms with Crippen LogP contribution in [0.25, 0.3) is 16.5 Å². The highest BCUT2D eigenvalue weighted by Crippen LogP contribution is 2.16. The Hall–Kier alpha value is -3.48. The maximum Gasteiger partial charge on any atom is 0.360 e. The van der Waals surface area contributed by atoms with Crippen LogP contribution in [0.4, 0.5) is 0 Å². The molecular weight excluding hydrogens is 334 g/mol. The quantitative estimate of drug-likeness (QED) is 0.722. The van der Waals surface area contributed by atoms with E-state index in [2.05, 4.69) is 10.4 Å². The standard InChI is InChI=1S/C19H17N3O4/c1-12(17(23)20-2)26-19(25)16-14-10-6-7-11-15(14)18(24)22(21-16)13-8-4-3-5-9-13/h3-12H,1-2H3,(H,20,23)/t12-/m1/s1. The number of fused-ring (bicyclic) bond motifs is 1. The van der Waals surface area contributed by atoms with E-state index >= 15 is 0 Å². The molecular formula is C19H17N3O4. The van der Waals surface area contributed by atoms with Crippen LogP contribution in [0, 0.1) is 0 Å². The average Bonchev–Trinajstić information content (AvgIpc) is 2.68. The van der Waals surface area contributed by atoms with Gasteiger partial charge in [-0.05, 0) is 25.1 Å². The summed E-state index contributed by atoms with van der Waals surface area (Å²) in [6.07, 6.45) is -0.981. The van der Waals surface area contributed by atoms with Crippen LogP contribution in [0.1, 0.15) is 17.4 Å². The fraction of sp³-hybridized carbons (Fsp3) is 0.158. The van der Waals surface area contributed by atoms with E-state index in [4.69, 9.17) is 4.74 Å². The first-order chi connectivity index (χ1) is 12.5. The Morgan fingerprint density at radius 2 is 1.65 bits per heavy atom.